The second kappa shape index (κ2) is 5.61. The highest BCUT2D eigenvalue weighted by molar-refractivity contribution is 7.11. The quantitative estimate of drug-likeness (QED) is 0.671. The van der Waals surface area contributed by atoms with Gasteiger partial charge in [0.1, 0.15) is 0 Å². The molecule has 0 aliphatic rings. The highest BCUT2D eigenvalue weighted by Gasteiger charge is 2.02. The van der Waals surface area contributed by atoms with Crippen molar-refractivity contribution in [2.45, 2.75) is 0 Å². The van der Waals surface area contributed by atoms with Gasteiger partial charge in [-0.1, -0.05) is 17.7 Å². The Morgan fingerprint density at radius 3 is 2.71 bits per heavy atom. The number of amides is 1. The van der Waals surface area contributed by atoms with Crippen LogP contribution in [0.25, 0.3) is 0 Å². The van der Waals surface area contributed by atoms with Gasteiger partial charge >= 0.3 is 0 Å². The summed E-state index contributed by atoms with van der Waals surface area (Å²) >= 11 is 7.28. The van der Waals surface area contributed by atoms with Gasteiger partial charge in [-0.05, 0) is 35.7 Å². The average molecular weight is 265 g/mol. The van der Waals surface area contributed by atoms with Crippen LogP contribution in [0.3, 0.4) is 0 Å². The van der Waals surface area contributed by atoms with E-state index in [1.807, 2.05) is 17.5 Å². The van der Waals surface area contributed by atoms with Crippen LogP contribution < -0.4 is 5.43 Å². The van der Waals surface area contributed by atoms with Gasteiger partial charge < -0.3 is 0 Å². The van der Waals surface area contributed by atoms with Crippen LogP contribution >= 0.6 is 22.9 Å². The maximum atomic E-state index is 11.6. The van der Waals surface area contributed by atoms with Crippen molar-refractivity contribution >= 4 is 35.1 Å². The number of halogens is 1. The fourth-order valence-electron chi connectivity index (χ4n) is 1.19. The van der Waals surface area contributed by atoms with E-state index in [0.29, 0.717) is 10.6 Å². The van der Waals surface area contributed by atoms with E-state index < -0.39 is 0 Å². The Hall–Kier alpha value is -1.65. The standard InChI is InChI=1S/C12H9ClN2OS/c13-10-5-3-9(4-6-10)12(16)15-14-8-11-2-1-7-17-11/h1-8H,(H,15,16)/b14-8-. The smallest absolute Gasteiger partial charge is 0.267 e. The zero-order valence-electron chi connectivity index (χ0n) is 8.76. The van der Waals surface area contributed by atoms with Gasteiger partial charge in [-0.3, -0.25) is 4.79 Å². The Morgan fingerprint density at radius 2 is 2.06 bits per heavy atom. The molecule has 1 aromatic heterocycles. The van der Waals surface area contributed by atoms with Crippen molar-refractivity contribution in [2.75, 3.05) is 0 Å². The molecule has 0 atom stereocenters. The molecule has 86 valence electrons. The summed E-state index contributed by atoms with van der Waals surface area (Å²) in [7, 11) is 0. The zero-order valence-corrected chi connectivity index (χ0v) is 10.3. The molecule has 0 saturated carbocycles. The molecule has 1 N–H and O–H groups in total. The highest BCUT2D eigenvalue weighted by Crippen LogP contribution is 2.09. The van der Waals surface area contributed by atoms with E-state index in [1.54, 1.807) is 41.8 Å². The van der Waals surface area contributed by atoms with Gasteiger partial charge in [-0.25, -0.2) is 5.43 Å². The van der Waals surface area contributed by atoms with Crippen molar-refractivity contribution in [1.29, 1.82) is 0 Å². The molecule has 3 nitrogen and oxygen atoms in total. The highest BCUT2D eigenvalue weighted by atomic mass is 35.5. The largest absolute Gasteiger partial charge is 0.271 e. The van der Waals surface area contributed by atoms with Gasteiger partial charge in [-0.15, -0.1) is 11.3 Å². The number of hydrogen-bond donors (Lipinski definition) is 1. The molecule has 2 aromatic rings. The van der Waals surface area contributed by atoms with Crippen molar-refractivity contribution < 1.29 is 4.79 Å². The van der Waals surface area contributed by atoms with Gasteiger partial charge in [-0.2, -0.15) is 5.10 Å². The molecule has 2 rings (SSSR count). The van der Waals surface area contributed by atoms with Crippen LogP contribution in [0.5, 0.6) is 0 Å². The molecular formula is C12H9ClN2OS. The van der Waals surface area contributed by atoms with Crippen LogP contribution in [-0.4, -0.2) is 12.1 Å². The maximum Gasteiger partial charge on any atom is 0.271 e. The van der Waals surface area contributed by atoms with Crippen LogP contribution in [0.2, 0.25) is 5.02 Å². The molecule has 1 heterocycles. The minimum absolute atomic E-state index is 0.255. The second-order valence-electron chi connectivity index (χ2n) is 3.22. The first kappa shape index (κ1) is 11.8. The van der Waals surface area contributed by atoms with Crippen molar-refractivity contribution in [2.24, 2.45) is 5.10 Å². The van der Waals surface area contributed by atoms with Gasteiger partial charge in [0, 0.05) is 15.5 Å². The topological polar surface area (TPSA) is 41.5 Å². The van der Waals surface area contributed by atoms with E-state index in [0.717, 1.165) is 4.88 Å². The molecule has 0 aliphatic carbocycles. The summed E-state index contributed by atoms with van der Waals surface area (Å²) < 4.78 is 0. The Bertz CT molecular complexity index is 520. The van der Waals surface area contributed by atoms with E-state index in [2.05, 4.69) is 10.5 Å². The Balaban J connectivity index is 1.96. The molecule has 1 amide bonds. The summed E-state index contributed by atoms with van der Waals surface area (Å²) in [5.74, 6) is -0.255. The predicted molar refractivity (Wildman–Crippen MR) is 70.8 cm³/mol. The Kier molecular flexibility index (Phi) is 3.90. The van der Waals surface area contributed by atoms with Crippen LogP contribution in [0, 0.1) is 0 Å². The first-order valence-electron chi connectivity index (χ1n) is 4.88. The van der Waals surface area contributed by atoms with E-state index in [-0.39, 0.29) is 5.91 Å². The van der Waals surface area contributed by atoms with Crippen LogP contribution in [0.15, 0.2) is 46.9 Å². The third-order valence-corrected chi connectivity index (χ3v) is 3.07. The monoisotopic (exact) mass is 264 g/mol. The number of hydrogen-bond acceptors (Lipinski definition) is 3. The zero-order chi connectivity index (χ0) is 12.1. The van der Waals surface area contributed by atoms with Gasteiger partial charge in [0.05, 0.1) is 6.21 Å². The van der Waals surface area contributed by atoms with Gasteiger partial charge in [0.2, 0.25) is 0 Å². The molecule has 0 aliphatic heterocycles. The summed E-state index contributed by atoms with van der Waals surface area (Å²) in [6.07, 6.45) is 1.61. The van der Waals surface area contributed by atoms with E-state index in [9.17, 15) is 4.79 Å². The first-order chi connectivity index (χ1) is 8.25. The number of nitrogens with zero attached hydrogens (tertiary/aromatic N) is 1. The fraction of sp³-hybridized carbons (Fsp3) is 0. The summed E-state index contributed by atoms with van der Waals surface area (Å²) in [6, 6.07) is 10.5. The van der Waals surface area contributed by atoms with Crippen molar-refractivity contribution in [3.8, 4) is 0 Å². The number of carbonyl (C=O) groups is 1. The third-order valence-electron chi connectivity index (χ3n) is 2.01. The lowest BCUT2D eigenvalue weighted by Gasteiger charge is -1.98. The fourth-order valence-corrected chi connectivity index (χ4v) is 1.90. The summed E-state index contributed by atoms with van der Waals surface area (Å²) in [5.41, 5.74) is 2.98. The molecule has 0 radical (unpaired) electrons. The lowest BCUT2D eigenvalue weighted by atomic mass is 10.2. The number of thiophene rings is 1. The minimum Gasteiger partial charge on any atom is -0.267 e. The first-order valence-corrected chi connectivity index (χ1v) is 6.14. The Morgan fingerprint density at radius 1 is 1.29 bits per heavy atom. The Labute approximate surface area is 108 Å². The van der Waals surface area contributed by atoms with Gasteiger partial charge in [0.25, 0.3) is 5.91 Å². The third kappa shape index (κ3) is 3.41. The van der Waals surface area contributed by atoms with E-state index in [4.69, 9.17) is 11.6 Å². The predicted octanol–water partition coefficient (Wildman–Crippen LogP) is 3.17. The average Bonchev–Trinajstić information content (AvgIpc) is 2.83. The van der Waals surface area contributed by atoms with Crippen molar-refractivity contribution in [1.82, 2.24) is 5.43 Å². The SMILES string of the molecule is O=C(N/N=C\c1cccs1)c1ccc(Cl)cc1. The minimum atomic E-state index is -0.255. The number of benzene rings is 1. The lowest BCUT2D eigenvalue weighted by molar-refractivity contribution is 0.0955. The number of carbonyl (C=O) groups excluding carboxylic acids is 1. The second-order valence-corrected chi connectivity index (χ2v) is 4.64. The summed E-state index contributed by atoms with van der Waals surface area (Å²) in [6.45, 7) is 0. The van der Waals surface area contributed by atoms with Crippen LogP contribution in [-0.2, 0) is 0 Å². The maximum absolute atomic E-state index is 11.6. The molecule has 0 bridgehead atoms. The van der Waals surface area contributed by atoms with Crippen LogP contribution in [0.1, 0.15) is 15.2 Å². The number of hydrazone groups is 1. The molecular weight excluding hydrogens is 256 g/mol. The summed E-state index contributed by atoms with van der Waals surface area (Å²) in [5, 5.41) is 6.41. The number of rotatable bonds is 3. The molecule has 0 saturated heterocycles. The molecule has 0 unspecified atom stereocenters. The molecule has 0 fully saturated rings. The van der Waals surface area contributed by atoms with E-state index >= 15 is 0 Å². The van der Waals surface area contributed by atoms with Crippen molar-refractivity contribution in [3.63, 3.8) is 0 Å². The lowest BCUT2D eigenvalue weighted by Crippen LogP contribution is -2.17. The van der Waals surface area contributed by atoms with Crippen LogP contribution in [0.4, 0.5) is 0 Å². The molecule has 0 spiro atoms. The molecule has 1 aromatic carbocycles. The molecule has 17 heavy (non-hydrogen) atoms. The van der Waals surface area contributed by atoms with Gasteiger partial charge in [0.15, 0.2) is 0 Å². The molecule has 5 heteroatoms. The normalized spacial score (nSPS) is 10.6. The van der Waals surface area contributed by atoms with E-state index in [1.165, 1.54) is 0 Å². The van der Waals surface area contributed by atoms with Crippen molar-refractivity contribution in [3.05, 3.63) is 57.2 Å². The number of nitrogens with one attached hydrogen (secondary N) is 1. The summed E-state index contributed by atoms with van der Waals surface area (Å²) in [4.78, 5) is 12.6.